The normalized spacial score (nSPS) is 12.1. The summed E-state index contributed by atoms with van der Waals surface area (Å²) in [6, 6.07) is 5.29. The summed E-state index contributed by atoms with van der Waals surface area (Å²) in [5, 5.41) is 13.4. The summed E-state index contributed by atoms with van der Waals surface area (Å²) in [5.41, 5.74) is 5.50. The number of primary amides is 1. The van der Waals surface area contributed by atoms with Crippen LogP contribution in [0, 0.1) is 11.3 Å². The lowest BCUT2D eigenvalue weighted by molar-refractivity contribution is 0.0999. The lowest BCUT2D eigenvalue weighted by atomic mass is 10.0. The predicted octanol–water partition coefficient (Wildman–Crippen LogP) is 1.42. The van der Waals surface area contributed by atoms with Crippen molar-refractivity contribution in [2.75, 3.05) is 0 Å². The number of furan rings is 1. The Morgan fingerprint density at radius 1 is 1.72 bits per heavy atom. The molecule has 2 heterocycles. The number of carbonyl (C=O) groups is 1. The first-order valence-corrected chi connectivity index (χ1v) is 5.39. The van der Waals surface area contributed by atoms with Gasteiger partial charge in [0.25, 0.3) is 5.91 Å². The molecule has 0 saturated carbocycles. The molecule has 2 N–H and O–H groups in total. The Morgan fingerprint density at radius 2 is 2.44 bits per heavy atom. The van der Waals surface area contributed by atoms with Crippen LogP contribution in [0.15, 0.2) is 22.8 Å². The number of aromatic nitrogens is 2. The highest BCUT2D eigenvalue weighted by Crippen LogP contribution is 2.29. The second-order valence-corrected chi connectivity index (χ2v) is 3.97. The third-order valence-electron chi connectivity index (χ3n) is 2.48. The van der Waals surface area contributed by atoms with Gasteiger partial charge in [0.1, 0.15) is 28.1 Å². The number of hydrogen-bond acceptors (Lipinski definition) is 4. The first-order chi connectivity index (χ1) is 8.56. The van der Waals surface area contributed by atoms with E-state index in [2.05, 4.69) is 5.10 Å². The minimum atomic E-state index is -0.818. The topological polar surface area (TPSA) is 97.8 Å². The molecule has 2 aromatic heterocycles. The highest BCUT2D eigenvalue weighted by atomic mass is 35.5. The van der Waals surface area contributed by atoms with Crippen molar-refractivity contribution in [3.63, 3.8) is 0 Å². The molecule has 0 bridgehead atoms. The zero-order chi connectivity index (χ0) is 13.3. The molecule has 18 heavy (non-hydrogen) atoms. The van der Waals surface area contributed by atoms with Crippen LogP contribution in [0.3, 0.4) is 0 Å². The van der Waals surface area contributed by atoms with Crippen molar-refractivity contribution in [1.82, 2.24) is 9.78 Å². The highest BCUT2D eigenvalue weighted by Gasteiger charge is 2.28. The lowest BCUT2D eigenvalue weighted by Crippen LogP contribution is -2.14. The maximum atomic E-state index is 11.4. The first-order valence-electron chi connectivity index (χ1n) is 5.01. The first kappa shape index (κ1) is 12.2. The molecule has 1 unspecified atom stereocenters. The van der Waals surface area contributed by atoms with Crippen LogP contribution in [0.1, 0.15) is 27.7 Å². The molecule has 1 atom stereocenters. The SMILES string of the molecule is Cn1nc(C(C#N)c2ccco2)c(C(N)=O)c1Cl. The van der Waals surface area contributed by atoms with Crippen LogP contribution in [0.4, 0.5) is 0 Å². The molecular weight excluding hydrogens is 256 g/mol. The quantitative estimate of drug-likeness (QED) is 0.906. The van der Waals surface area contributed by atoms with E-state index >= 15 is 0 Å². The van der Waals surface area contributed by atoms with E-state index in [1.807, 2.05) is 6.07 Å². The van der Waals surface area contributed by atoms with Crippen molar-refractivity contribution in [1.29, 1.82) is 5.26 Å². The largest absolute Gasteiger partial charge is 0.468 e. The van der Waals surface area contributed by atoms with Crippen LogP contribution in [-0.4, -0.2) is 15.7 Å². The van der Waals surface area contributed by atoms with E-state index in [1.54, 1.807) is 19.2 Å². The molecule has 1 amide bonds. The minimum Gasteiger partial charge on any atom is -0.468 e. The van der Waals surface area contributed by atoms with Crippen LogP contribution < -0.4 is 5.73 Å². The van der Waals surface area contributed by atoms with Gasteiger partial charge in [-0.25, -0.2) is 0 Å². The van der Waals surface area contributed by atoms with Crippen molar-refractivity contribution < 1.29 is 9.21 Å². The summed E-state index contributed by atoms with van der Waals surface area (Å²) in [7, 11) is 1.56. The molecule has 0 saturated heterocycles. The van der Waals surface area contributed by atoms with E-state index < -0.39 is 11.8 Å². The van der Waals surface area contributed by atoms with Crippen molar-refractivity contribution in [3.8, 4) is 6.07 Å². The van der Waals surface area contributed by atoms with E-state index in [-0.39, 0.29) is 16.4 Å². The average molecular weight is 265 g/mol. The molecule has 0 aliphatic heterocycles. The number of halogens is 1. The van der Waals surface area contributed by atoms with Crippen molar-refractivity contribution in [2.45, 2.75) is 5.92 Å². The Hall–Kier alpha value is -2.26. The van der Waals surface area contributed by atoms with Crippen molar-refractivity contribution >= 4 is 17.5 Å². The zero-order valence-electron chi connectivity index (χ0n) is 9.42. The summed E-state index contributed by atoms with van der Waals surface area (Å²) >= 11 is 5.93. The molecule has 7 heteroatoms. The van der Waals surface area contributed by atoms with E-state index in [9.17, 15) is 10.1 Å². The van der Waals surface area contributed by atoms with Gasteiger partial charge in [0.2, 0.25) is 0 Å². The molecule has 2 rings (SSSR count). The maximum absolute atomic E-state index is 11.4. The number of carbonyl (C=O) groups excluding carboxylic acids is 1. The summed E-state index contributed by atoms with van der Waals surface area (Å²) in [4.78, 5) is 11.4. The second-order valence-electron chi connectivity index (χ2n) is 3.62. The van der Waals surface area contributed by atoms with Crippen LogP contribution >= 0.6 is 11.6 Å². The monoisotopic (exact) mass is 264 g/mol. The second kappa shape index (κ2) is 4.55. The fourth-order valence-electron chi connectivity index (χ4n) is 1.67. The third-order valence-corrected chi connectivity index (χ3v) is 2.91. The van der Waals surface area contributed by atoms with E-state index in [4.69, 9.17) is 21.8 Å². The van der Waals surface area contributed by atoms with Gasteiger partial charge in [-0.1, -0.05) is 11.6 Å². The highest BCUT2D eigenvalue weighted by molar-refractivity contribution is 6.33. The van der Waals surface area contributed by atoms with E-state index in [1.165, 1.54) is 10.9 Å². The number of nitrogens with zero attached hydrogens (tertiary/aromatic N) is 3. The van der Waals surface area contributed by atoms with Gasteiger partial charge in [-0.05, 0) is 12.1 Å². The molecule has 0 aromatic carbocycles. The summed E-state index contributed by atoms with van der Waals surface area (Å²) in [6.07, 6.45) is 1.44. The molecule has 0 aliphatic rings. The number of nitrogens with two attached hydrogens (primary N) is 1. The van der Waals surface area contributed by atoms with Gasteiger partial charge in [-0.3, -0.25) is 9.48 Å². The number of hydrogen-bond donors (Lipinski definition) is 1. The Bertz CT molecular complexity index is 624. The van der Waals surface area contributed by atoms with Crippen molar-refractivity contribution in [3.05, 3.63) is 40.6 Å². The van der Waals surface area contributed by atoms with Crippen LogP contribution in [0.2, 0.25) is 5.15 Å². The Balaban J connectivity index is 2.60. The summed E-state index contributed by atoms with van der Waals surface area (Å²) in [6.45, 7) is 0. The number of amides is 1. The van der Waals surface area contributed by atoms with E-state index in [0.29, 0.717) is 5.76 Å². The molecule has 2 aromatic rings. The predicted molar refractivity (Wildman–Crippen MR) is 62.9 cm³/mol. The van der Waals surface area contributed by atoms with Gasteiger partial charge in [0.15, 0.2) is 0 Å². The van der Waals surface area contributed by atoms with Gasteiger partial charge >= 0.3 is 0 Å². The van der Waals surface area contributed by atoms with Gasteiger partial charge in [0.05, 0.1) is 12.3 Å². The van der Waals surface area contributed by atoms with Gasteiger partial charge in [-0.2, -0.15) is 10.4 Å². The zero-order valence-corrected chi connectivity index (χ0v) is 10.2. The fourth-order valence-corrected chi connectivity index (χ4v) is 1.90. The molecule has 0 radical (unpaired) electrons. The maximum Gasteiger partial charge on any atom is 0.253 e. The van der Waals surface area contributed by atoms with Gasteiger partial charge in [0, 0.05) is 7.05 Å². The molecule has 92 valence electrons. The Kier molecular flexibility index (Phi) is 3.08. The fraction of sp³-hybridized carbons (Fsp3) is 0.182. The van der Waals surface area contributed by atoms with Crippen LogP contribution in [-0.2, 0) is 7.05 Å². The van der Waals surface area contributed by atoms with E-state index in [0.717, 1.165) is 0 Å². The number of nitriles is 1. The third kappa shape index (κ3) is 1.85. The summed E-state index contributed by atoms with van der Waals surface area (Å²) in [5.74, 6) is -1.16. The molecular formula is C11H9ClN4O2. The van der Waals surface area contributed by atoms with Gasteiger partial charge in [-0.15, -0.1) is 0 Å². The number of rotatable bonds is 3. The van der Waals surface area contributed by atoms with Crippen molar-refractivity contribution in [2.24, 2.45) is 12.8 Å². The standard InChI is InChI=1S/C11H9ClN4O2/c1-16-10(12)8(11(14)17)9(15-16)6(5-13)7-3-2-4-18-7/h2-4,6H,1H3,(H2,14,17). The molecule has 0 spiro atoms. The molecule has 6 nitrogen and oxygen atoms in total. The Labute approximate surface area is 108 Å². The average Bonchev–Trinajstić information content (AvgIpc) is 2.91. The number of aryl methyl sites for hydroxylation is 1. The van der Waals surface area contributed by atoms with Crippen LogP contribution in [0.5, 0.6) is 0 Å². The van der Waals surface area contributed by atoms with Gasteiger partial charge < -0.3 is 10.2 Å². The minimum absolute atomic E-state index is 0.0436. The van der Waals surface area contributed by atoms with Crippen LogP contribution in [0.25, 0.3) is 0 Å². The summed E-state index contributed by atoms with van der Waals surface area (Å²) < 4.78 is 6.45. The molecule has 0 fully saturated rings. The smallest absolute Gasteiger partial charge is 0.253 e. The lowest BCUT2D eigenvalue weighted by Gasteiger charge is -2.03. The molecule has 0 aliphatic carbocycles. The Morgan fingerprint density at radius 3 is 2.94 bits per heavy atom.